The van der Waals surface area contributed by atoms with Crippen LogP contribution in [-0.2, 0) is 4.74 Å². The van der Waals surface area contributed by atoms with Gasteiger partial charge < -0.3 is 15.0 Å². The zero-order chi connectivity index (χ0) is 14.8. The fourth-order valence-electron chi connectivity index (χ4n) is 1.87. The number of ether oxygens (including phenoxy) is 1. The number of carbonyl (C=O) groups is 2. The highest BCUT2D eigenvalue weighted by molar-refractivity contribution is 5.89. The predicted molar refractivity (Wildman–Crippen MR) is 78.4 cm³/mol. The van der Waals surface area contributed by atoms with E-state index in [4.69, 9.17) is 4.74 Å². The summed E-state index contributed by atoms with van der Waals surface area (Å²) in [5, 5.41) is 3.29. The second-order valence-corrected chi connectivity index (χ2v) is 4.82. The van der Waals surface area contributed by atoms with Gasteiger partial charge in [-0.15, -0.1) is 0 Å². The molecule has 0 aliphatic carbocycles. The maximum absolute atomic E-state index is 10.2. The smallest absolute Gasteiger partial charge is 0.150 e. The number of nitrogens with zero attached hydrogens (tertiary/aromatic N) is 1. The van der Waals surface area contributed by atoms with Crippen LogP contribution in [0.2, 0.25) is 0 Å². The average molecular weight is 278 g/mol. The van der Waals surface area contributed by atoms with Crippen LogP contribution in [0.1, 0.15) is 20.7 Å². The molecule has 1 heterocycles. The summed E-state index contributed by atoms with van der Waals surface area (Å²) in [6.07, 6.45) is 1.73. The lowest BCUT2D eigenvalue weighted by molar-refractivity contribution is 0.0139. The summed E-state index contributed by atoms with van der Waals surface area (Å²) < 4.78 is 5.48. The van der Waals surface area contributed by atoms with Crippen LogP contribution in [0.3, 0.4) is 0 Å². The first-order chi connectivity index (χ1) is 9.67. The summed E-state index contributed by atoms with van der Waals surface area (Å²) in [6.45, 7) is 3.88. The van der Waals surface area contributed by atoms with Crippen molar-refractivity contribution in [3.05, 3.63) is 35.4 Å². The average Bonchev–Trinajstić information content (AvgIpc) is 2.48. The molecule has 0 amide bonds. The van der Waals surface area contributed by atoms with E-state index in [0.717, 1.165) is 26.2 Å². The van der Waals surface area contributed by atoms with Crippen molar-refractivity contribution in [2.45, 2.75) is 6.10 Å². The minimum atomic E-state index is 0.392. The first kappa shape index (κ1) is 16.5. The molecule has 0 radical (unpaired) electrons. The Morgan fingerprint density at radius 3 is 2.25 bits per heavy atom. The van der Waals surface area contributed by atoms with Crippen LogP contribution < -0.4 is 5.32 Å². The summed E-state index contributed by atoms with van der Waals surface area (Å²) in [6, 6.07) is 6.65. The van der Waals surface area contributed by atoms with Gasteiger partial charge in [0, 0.05) is 30.8 Å². The van der Waals surface area contributed by atoms with Crippen molar-refractivity contribution in [1.29, 1.82) is 0 Å². The normalized spacial score (nSPS) is 18.1. The Kier molecular flexibility index (Phi) is 7.72. The summed E-state index contributed by atoms with van der Waals surface area (Å²) in [5.41, 5.74) is 0.884. The number of likely N-dealkylation sites (N-methyl/N-ethyl adjacent to an activating group) is 1. The number of benzene rings is 1. The third-order valence-corrected chi connectivity index (χ3v) is 2.82. The lowest BCUT2D eigenvalue weighted by atomic mass is 10.1. The third-order valence-electron chi connectivity index (χ3n) is 2.82. The van der Waals surface area contributed by atoms with Crippen molar-refractivity contribution in [2.75, 3.05) is 40.3 Å². The van der Waals surface area contributed by atoms with Crippen molar-refractivity contribution in [2.24, 2.45) is 0 Å². The first-order valence-electron chi connectivity index (χ1n) is 6.63. The second kappa shape index (κ2) is 9.36. The highest BCUT2D eigenvalue weighted by Crippen LogP contribution is 2.01. The van der Waals surface area contributed by atoms with E-state index >= 15 is 0 Å². The van der Waals surface area contributed by atoms with Gasteiger partial charge in [0.05, 0.1) is 12.7 Å². The molecule has 1 saturated heterocycles. The zero-order valence-corrected chi connectivity index (χ0v) is 12.0. The summed E-state index contributed by atoms with van der Waals surface area (Å²) in [5.74, 6) is 0. The molecule has 0 bridgehead atoms. The molecular weight excluding hydrogens is 256 g/mol. The number of aldehydes is 2. The summed E-state index contributed by atoms with van der Waals surface area (Å²) in [7, 11) is 4.13. The van der Waals surface area contributed by atoms with Gasteiger partial charge in [-0.05, 0) is 14.1 Å². The van der Waals surface area contributed by atoms with E-state index in [1.807, 2.05) is 0 Å². The highest BCUT2D eigenvalue weighted by Gasteiger charge is 2.12. The maximum atomic E-state index is 10.2. The highest BCUT2D eigenvalue weighted by atomic mass is 16.5. The standard InChI is InChI=1S/C8H6O2.C7H16N2O/c9-5-7-3-1-2-4-8(7)6-10;1-9(2)6-7-5-8-3-4-10-7/h1-6H;7-8H,3-6H2,1-2H3. The molecule has 1 atom stereocenters. The minimum absolute atomic E-state index is 0.392. The van der Waals surface area contributed by atoms with Crippen molar-refractivity contribution >= 4 is 12.6 Å². The Morgan fingerprint density at radius 1 is 1.25 bits per heavy atom. The quantitative estimate of drug-likeness (QED) is 0.827. The molecule has 1 unspecified atom stereocenters. The first-order valence-corrected chi connectivity index (χ1v) is 6.63. The molecule has 5 heteroatoms. The van der Waals surface area contributed by atoms with Crippen LogP contribution in [0.25, 0.3) is 0 Å². The number of hydrogen-bond donors (Lipinski definition) is 1. The van der Waals surface area contributed by atoms with Gasteiger partial charge in [0.15, 0.2) is 12.6 Å². The van der Waals surface area contributed by atoms with Crippen LogP contribution in [0.15, 0.2) is 24.3 Å². The maximum Gasteiger partial charge on any atom is 0.150 e. The molecule has 0 aromatic heterocycles. The molecule has 2 rings (SSSR count). The van der Waals surface area contributed by atoms with Crippen LogP contribution >= 0.6 is 0 Å². The predicted octanol–water partition coefficient (Wildman–Crippen LogP) is 0.848. The third kappa shape index (κ3) is 6.06. The van der Waals surface area contributed by atoms with Crippen molar-refractivity contribution in [3.63, 3.8) is 0 Å². The molecule has 1 N–H and O–H groups in total. The topological polar surface area (TPSA) is 58.6 Å². The molecule has 1 aromatic rings. The molecular formula is C15H22N2O3. The SMILES string of the molecule is CN(C)CC1CNCCO1.O=Cc1ccccc1C=O. The molecule has 1 aliphatic rings. The Bertz CT molecular complexity index is 388. The van der Waals surface area contributed by atoms with Crippen molar-refractivity contribution in [1.82, 2.24) is 10.2 Å². The van der Waals surface area contributed by atoms with Gasteiger partial charge in [0.2, 0.25) is 0 Å². The lowest BCUT2D eigenvalue weighted by Crippen LogP contribution is -2.43. The molecule has 1 aromatic carbocycles. The van der Waals surface area contributed by atoms with E-state index in [-0.39, 0.29) is 0 Å². The lowest BCUT2D eigenvalue weighted by Gasteiger charge is -2.25. The molecule has 1 aliphatic heterocycles. The van der Waals surface area contributed by atoms with Gasteiger partial charge in [-0.1, -0.05) is 24.3 Å². The Morgan fingerprint density at radius 2 is 1.85 bits per heavy atom. The van der Waals surface area contributed by atoms with Gasteiger partial charge in [0.1, 0.15) is 0 Å². The molecule has 20 heavy (non-hydrogen) atoms. The number of carbonyl (C=O) groups excluding carboxylic acids is 2. The Balaban J connectivity index is 0.000000200. The van der Waals surface area contributed by atoms with E-state index in [0.29, 0.717) is 29.8 Å². The van der Waals surface area contributed by atoms with Crippen LogP contribution in [-0.4, -0.2) is 63.9 Å². The monoisotopic (exact) mass is 278 g/mol. The van der Waals surface area contributed by atoms with Crippen molar-refractivity contribution < 1.29 is 14.3 Å². The van der Waals surface area contributed by atoms with Gasteiger partial charge in [-0.2, -0.15) is 0 Å². The van der Waals surface area contributed by atoms with E-state index in [1.165, 1.54) is 0 Å². The minimum Gasteiger partial charge on any atom is -0.374 e. The summed E-state index contributed by atoms with van der Waals surface area (Å²) in [4.78, 5) is 22.6. The second-order valence-electron chi connectivity index (χ2n) is 4.82. The number of nitrogens with one attached hydrogen (secondary N) is 1. The van der Waals surface area contributed by atoms with Crippen molar-refractivity contribution in [3.8, 4) is 0 Å². The molecule has 0 spiro atoms. The zero-order valence-electron chi connectivity index (χ0n) is 12.0. The molecule has 5 nitrogen and oxygen atoms in total. The van der Waals surface area contributed by atoms with Crippen LogP contribution in [0.4, 0.5) is 0 Å². The number of morpholine rings is 1. The van der Waals surface area contributed by atoms with E-state index in [2.05, 4.69) is 24.3 Å². The van der Waals surface area contributed by atoms with Crippen LogP contribution in [0, 0.1) is 0 Å². The van der Waals surface area contributed by atoms with E-state index in [1.54, 1.807) is 24.3 Å². The fourth-order valence-corrected chi connectivity index (χ4v) is 1.87. The fraction of sp³-hybridized carbons (Fsp3) is 0.467. The van der Waals surface area contributed by atoms with E-state index < -0.39 is 0 Å². The van der Waals surface area contributed by atoms with Crippen LogP contribution in [0.5, 0.6) is 0 Å². The Labute approximate surface area is 119 Å². The van der Waals surface area contributed by atoms with Gasteiger partial charge in [0.25, 0.3) is 0 Å². The van der Waals surface area contributed by atoms with E-state index in [9.17, 15) is 9.59 Å². The number of rotatable bonds is 4. The molecule has 110 valence electrons. The van der Waals surface area contributed by atoms with Gasteiger partial charge in [-0.25, -0.2) is 0 Å². The largest absolute Gasteiger partial charge is 0.374 e. The Hall–Kier alpha value is -1.56. The van der Waals surface area contributed by atoms with Gasteiger partial charge in [-0.3, -0.25) is 9.59 Å². The number of hydrogen-bond acceptors (Lipinski definition) is 5. The molecule has 0 saturated carbocycles. The van der Waals surface area contributed by atoms with Gasteiger partial charge >= 0.3 is 0 Å². The summed E-state index contributed by atoms with van der Waals surface area (Å²) >= 11 is 0. The molecule has 1 fully saturated rings.